The van der Waals surface area contributed by atoms with E-state index in [2.05, 4.69) is 0 Å². The Morgan fingerprint density at radius 3 is 2.88 bits per heavy atom. The van der Waals surface area contributed by atoms with E-state index in [1.807, 2.05) is 6.07 Å². The van der Waals surface area contributed by atoms with Crippen molar-refractivity contribution in [1.82, 2.24) is 9.80 Å². The maximum absolute atomic E-state index is 12.3. The summed E-state index contributed by atoms with van der Waals surface area (Å²) in [6.07, 6.45) is 1.72. The second-order valence-electron chi connectivity index (χ2n) is 5.47. The summed E-state index contributed by atoms with van der Waals surface area (Å²) < 4.78 is 10.4. The van der Waals surface area contributed by atoms with Crippen LogP contribution in [-0.4, -0.2) is 59.6 Å². The van der Waals surface area contributed by atoms with Crippen molar-refractivity contribution in [3.63, 3.8) is 0 Å². The number of furan rings is 1. The highest BCUT2D eigenvalue weighted by Crippen LogP contribution is 2.41. The number of rotatable bonds is 6. The van der Waals surface area contributed by atoms with Gasteiger partial charge >= 0.3 is 5.97 Å². The van der Waals surface area contributed by atoms with Crippen molar-refractivity contribution in [2.75, 3.05) is 26.0 Å². The number of carbonyl (C=O) groups is 3. The molecule has 2 rings (SSSR count). The van der Waals surface area contributed by atoms with Gasteiger partial charge in [0.05, 0.1) is 18.8 Å². The normalized spacial score (nSPS) is 19.3. The van der Waals surface area contributed by atoms with Crippen molar-refractivity contribution in [3.8, 4) is 6.07 Å². The molecule has 1 aromatic heterocycles. The molecule has 25 heavy (non-hydrogen) atoms. The van der Waals surface area contributed by atoms with Crippen LogP contribution in [0.25, 0.3) is 0 Å². The van der Waals surface area contributed by atoms with Crippen molar-refractivity contribution in [2.24, 2.45) is 0 Å². The van der Waals surface area contributed by atoms with E-state index in [9.17, 15) is 14.4 Å². The number of hydrogen-bond donors (Lipinski definition) is 0. The number of hydrogen-bond acceptors (Lipinski definition) is 7. The van der Waals surface area contributed by atoms with Crippen molar-refractivity contribution >= 4 is 29.5 Å². The molecule has 0 spiro atoms. The van der Waals surface area contributed by atoms with Gasteiger partial charge in [0, 0.05) is 26.3 Å². The lowest BCUT2D eigenvalue weighted by Crippen LogP contribution is -2.43. The summed E-state index contributed by atoms with van der Waals surface area (Å²) in [7, 11) is 1.54. The molecule has 0 aliphatic carbocycles. The van der Waals surface area contributed by atoms with Crippen LogP contribution in [-0.2, 0) is 19.1 Å². The van der Waals surface area contributed by atoms with Crippen LogP contribution in [0.4, 0.5) is 0 Å². The van der Waals surface area contributed by atoms with Gasteiger partial charge in [0.25, 0.3) is 5.91 Å². The number of ether oxygens (including phenoxy) is 1. The van der Waals surface area contributed by atoms with Gasteiger partial charge in [-0.15, -0.1) is 11.8 Å². The third kappa shape index (κ3) is 4.54. The van der Waals surface area contributed by atoms with Crippen LogP contribution in [0.2, 0.25) is 0 Å². The summed E-state index contributed by atoms with van der Waals surface area (Å²) in [5.74, 6) is -0.346. The number of nitrogens with zero attached hydrogens (tertiary/aromatic N) is 3. The molecule has 9 heteroatoms. The van der Waals surface area contributed by atoms with Gasteiger partial charge in [0.15, 0.2) is 6.61 Å². The van der Waals surface area contributed by atoms with Crippen LogP contribution in [0.5, 0.6) is 0 Å². The van der Waals surface area contributed by atoms with Crippen LogP contribution >= 0.6 is 11.8 Å². The third-order valence-electron chi connectivity index (χ3n) is 3.75. The Labute approximate surface area is 149 Å². The van der Waals surface area contributed by atoms with Crippen LogP contribution in [0, 0.1) is 11.3 Å². The molecular formula is C16H19N3O5S. The Morgan fingerprint density at radius 1 is 1.52 bits per heavy atom. The van der Waals surface area contributed by atoms with Gasteiger partial charge in [-0.25, -0.2) is 4.79 Å². The van der Waals surface area contributed by atoms with Crippen molar-refractivity contribution in [2.45, 2.75) is 24.8 Å². The smallest absolute Gasteiger partial charge is 0.330 e. The van der Waals surface area contributed by atoms with Crippen molar-refractivity contribution < 1.29 is 23.5 Å². The van der Waals surface area contributed by atoms with Gasteiger partial charge in [0.1, 0.15) is 17.2 Å². The zero-order valence-electron chi connectivity index (χ0n) is 14.0. The van der Waals surface area contributed by atoms with Gasteiger partial charge < -0.3 is 19.0 Å². The molecule has 1 fully saturated rings. The molecule has 1 aromatic rings. The van der Waals surface area contributed by atoms with Gasteiger partial charge in [-0.2, -0.15) is 5.26 Å². The Hall–Kier alpha value is -2.47. The number of thioether (sulfide) groups is 1. The first-order chi connectivity index (χ1) is 12.0. The minimum atomic E-state index is -0.769. The summed E-state index contributed by atoms with van der Waals surface area (Å²) in [5, 5.41) is 8.13. The van der Waals surface area contributed by atoms with E-state index in [0.29, 0.717) is 11.5 Å². The molecule has 8 nitrogen and oxygen atoms in total. The molecule has 1 aliphatic heterocycles. The molecule has 2 atom stereocenters. The number of nitriles is 1. The summed E-state index contributed by atoms with van der Waals surface area (Å²) >= 11 is 1.40. The third-order valence-corrected chi connectivity index (χ3v) is 5.03. The van der Waals surface area contributed by atoms with Crippen LogP contribution in [0.1, 0.15) is 24.5 Å². The minimum absolute atomic E-state index is 0.207. The largest absolute Gasteiger partial charge is 0.466 e. The number of amides is 2. The molecule has 2 heterocycles. The first-order valence-corrected chi connectivity index (χ1v) is 8.72. The van der Waals surface area contributed by atoms with Gasteiger partial charge in [-0.3, -0.25) is 9.59 Å². The van der Waals surface area contributed by atoms with Gasteiger partial charge in [-0.05, 0) is 12.1 Å². The summed E-state index contributed by atoms with van der Waals surface area (Å²) in [4.78, 5) is 38.9. The summed E-state index contributed by atoms with van der Waals surface area (Å²) in [6.45, 7) is 1.23. The molecule has 2 amide bonds. The van der Waals surface area contributed by atoms with E-state index in [-0.39, 0.29) is 24.2 Å². The zero-order chi connectivity index (χ0) is 18.4. The highest BCUT2D eigenvalue weighted by atomic mass is 32.2. The van der Waals surface area contributed by atoms with Crippen molar-refractivity contribution in [1.29, 1.82) is 5.26 Å². The Bertz CT molecular complexity index is 670. The maximum atomic E-state index is 12.3. The Balaban J connectivity index is 1.96. The van der Waals surface area contributed by atoms with Gasteiger partial charge in [0.2, 0.25) is 5.91 Å². The second kappa shape index (κ2) is 8.58. The number of carbonyl (C=O) groups excluding carboxylic acids is 3. The predicted molar refractivity (Wildman–Crippen MR) is 89.0 cm³/mol. The quantitative estimate of drug-likeness (QED) is 0.697. The van der Waals surface area contributed by atoms with Crippen LogP contribution in [0.3, 0.4) is 0 Å². The fourth-order valence-electron chi connectivity index (χ4n) is 2.41. The predicted octanol–water partition coefficient (Wildman–Crippen LogP) is 1.16. The molecule has 0 radical (unpaired) electrons. The Kier molecular flexibility index (Phi) is 6.47. The van der Waals surface area contributed by atoms with E-state index in [1.165, 1.54) is 41.8 Å². The topological polar surface area (TPSA) is 104 Å². The average Bonchev–Trinajstić information content (AvgIpc) is 3.25. The van der Waals surface area contributed by atoms with E-state index in [0.717, 1.165) is 0 Å². The molecule has 0 saturated carbocycles. The minimum Gasteiger partial charge on any atom is -0.466 e. The van der Waals surface area contributed by atoms with Crippen molar-refractivity contribution in [3.05, 3.63) is 24.2 Å². The van der Waals surface area contributed by atoms with Crippen LogP contribution < -0.4 is 0 Å². The van der Waals surface area contributed by atoms with E-state index >= 15 is 0 Å². The SMILES string of the molecule is CC(=O)N1[C@@H](C(=O)OCC(=O)N(C)CCC#N)CS[C@H]1c1ccco1. The summed E-state index contributed by atoms with van der Waals surface area (Å²) in [5.41, 5.74) is 0. The molecule has 0 unspecified atom stereocenters. The Morgan fingerprint density at radius 2 is 2.28 bits per heavy atom. The number of esters is 1. The van der Waals surface area contributed by atoms with Gasteiger partial charge in [-0.1, -0.05) is 0 Å². The lowest BCUT2D eigenvalue weighted by atomic mass is 10.2. The molecule has 134 valence electrons. The second-order valence-corrected chi connectivity index (χ2v) is 6.59. The molecule has 0 aromatic carbocycles. The van der Waals surface area contributed by atoms with E-state index in [4.69, 9.17) is 14.4 Å². The van der Waals surface area contributed by atoms with E-state index in [1.54, 1.807) is 12.1 Å². The average molecular weight is 365 g/mol. The van der Waals surface area contributed by atoms with Crippen LogP contribution in [0.15, 0.2) is 22.8 Å². The highest BCUT2D eigenvalue weighted by Gasteiger charge is 2.43. The molecule has 0 N–H and O–H groups in total. The summed E-state index contributed by atoms with van der Waals surface area (Å²) in [6, 6.07) is 4.64. The molecule has 0 bridgehead atoms. The first-order valence-electron chi connectivity index (χ1n) is 7.67. The lowest BCUT2D eigenvalue weighted by Gasteiger charge is -2.26. The first kappa shape index (κ1) is 18.9. The lowest BCUT2D eigenvalue weighted by molar-refractivity contribution is -0.158. The fourth-order valence-corrected chi connectivity index (χ4v) is 3.82. The monoisotopic (exact) mass is 365 g/mol. The maximum Gasteiger partial charge on any atom is 0.330 e. The molecule has 1 saturated heterocycles. The number of likely N-dealkylation sites (N-methyl/N-ethyl adjacent to an activating group) is 1. The molecular weight excluding hydrogens is 346 g/mol. The highest BCUT2D eigenvalue weighted by molar-refractivity contribution is 7.99. The standard InChI is InChI=1S/C16H19N3O5S/c1-11(20)19-12(10-25-15(19)13-5-3-8-23-13)16(22)24-9-14(21)18(2)7-4-6-17/h3,5,8,12,15H,4,7,9-10H2,1-2H3/t12-,15+/m1/s1. The van der Waals surface area contributed by atoms with E-state index < -0.39 is 24.5 Å². The fraction of sp³-hybridized carbons (Fsp3) is 0.500. The zero-order valence-corrected chi connectivity index (χ0v) is 14.8. The molecule has 1 aliphatic rings.